The van der Waals surface area contributed by atoms with E-state index in [9.17, 15) is 4.79 Å². The summed E-state index contributed by atoms with van der Waals surface area (Å²) in [6.07, 6.45) is -0.218. The van der Waals surface area contributed by atoms with Gasteiger partial charge in [-0.05, 0) is 53.8 Å². The van der Waals surface area contributed by atoms with Crippen molar-refractivity contribution in [2.24, 2.45) is 5.92 Å². The minimum atomic E-state index is -1.81. The summed E-state index contributed by atoms with van der Waals surface area (Å²) in [4.78, 5) is 12.6. The van der Waals surface area contributed by atoms with Gasteiger partial charge in [-0.25, -0.2) is 0 Å². The average Bonchev–Trinajstić information content (AvgIpc) is 2.63. The van der Waals surface area contributed by atoms with Crippen LogP contribution in [0.25, 0.3) is 0 Å². The molecule has 1 rings (SSSR count). The zero-order valence-electron chi connectivity index (χ0n) is 15.3. The van der Waals surface area contributed by atoms with Gasteiger partial charge < -0.3 is 9.16 Å². The number of benzene rings is 1. The van der Waals surface area contributed by atoms with Gasteiger partial charge in [-0.15, -0.1) is 0 Å². The van der Waals surface area contributed by atoms with E-state index in [1.54, 1.807) is 12.1 Å². The van der Waals surface area contributed by atoms with Crippen LogP contribution in [-0.4, -0.2) is 20.4 Å². The Bertz CT molecular complexity index is 533. The van der Waals surface area contributed by atoms with Crippen LogP contribution in [0.3, 0.4) is 0 Å². The van der Waals surface area contributed by atoms with Crippen molar-refractivity contribution in [1.82, 2.24) is 0 Å². The van der Waals surface area contributed by atoms with Crippen molar-refractivity contribution in [1.29, 1.82) is 0 Å². The van der Waals surface area contributed by atoms with Crippen LogP contribution in [-0.2, 0) is 9.22 Å². The van der Waals surface area contributed by atoms with E-state index < -0.39 is 8.32 Å². The molecule has 3 nitrogen and oxygen atoms in total. The van der Waals surface area contributed by atoms with Gasteiger partial charge in [0.1, 0.15) is 5.75 Å². The van der Waals surface area contributed by atoms with E-state index >= 15 is 0 Å². The largest absolute Gasteiger partial charge is 0.426 e. The Morgan fingerprint density at radius 3 is 2.17 bits per heavy atom. The summed E-state index contributed by atoms with van der Waals surface area (Å²) >= 11 is 2.22. The van der Waals surface area contributed by atoms with Gasteiger partial charge in [-0.3, -0.25) is 4.79 Å². The second-order valence-corrected chi connectivity index (χ2v) is 11.5. The number of hydrogen-bond donors (Lipinski definition) is 0. The first-order valence-corrected chi connectivity index (χ1v) is 12.4. The monoisotopic (exact) mass is 460 g/mol. The van der Waals surface area contributed by atoms with Crippen molar-refractivity contribution < 1.29 is 14.0 Å². The zero-order chi connectivity index (χ0) is 18.2. The van der Waals surface area contributed by atoms with Crippen LogP contribution in [0.4, 0.5) is 0 Å². The standard InChI is InChI=1S/C19H29IO3Si/c1-6-24(7-2,8-3)23-18(15(4)14-20)16(5)19(21)22-17-12-10-9-11-13-17/h9-14,16,18H,6-8H2,1-5H3/b15-14+/t16-,18-/m0/s1. The molecule has 0 saturated heterocycles. The highest BCUT2D eigenvalue weighted by atomic mass is 127. The molecule has 0 aliphatic rings. The number of para-hydroxylation sites is 1. The van der Waals surface area contributed by atoms with Gasteiger partial charge in [-0.2, -0.15) is 0 Å². The second kappa shape index (κ2) is 10.4. The quantitative estimate of drug-likeness (QED) is 0.198. The summed E-state index contributed by atoms with van der Waals surface area (Å²) in [7, 11) is -1.81. The fourth-order valence-electron chi connectivity index (χ4n) is 2.74. The molecule has 24 heavy (non-hydrogen) atoms. The van der Waals surface area contributed by atoms with Gasteiger partial charge >= 0.3 is 5.97 Å². The molecule has 1 aromatic carbocycles. The molecule has 2 atom stereocenters. The van der Waals surface area contributed by atoms with Crippen molar-refractivity contribution in [2.45, 2.75) is 58.9 Å². The summed E-state index contributed by atoms with van der Waals surface area (Å²) < 4.78 is 14.2. The van der Waals surface area contributed by atoms with Gasteiger partial charge in [-0.1, -0.05) is 61.6 Å². The molecule has 0 aliphatic heterocycles. The molecular formula is C19H29IO3Si. The van der Waals surface area contributed by atoms with Crippen LogP contribution in [0.2, 0.25) is 18.1 Å². The maximum Gasteiger partial charge on any atom is 0.316 e. The lowest BCUT2D eigenvalue weighted by Gasteiger charge is -2.35. The first-order chi connectivity index (χ1) is 11.4. The molecule has 0 amide bonds. The predicted molar refractivity (Wildman–Crippen MR) is 111 cm³/mol. The minimum absolute atomic E-state index is 0.218. The van der Waals surface area contributed by atoms with Crippen LogP contribution in [0, 0.1) is 5.92 Å². The Kier molecular flexibility index (Phi) is 9.22. The van der Waals surface area contributed by atoms with Crippen LogP contribution >= 0.6 is 22.6 Å². The number of carbonyl (C=O) groups excluding carboxylic acids is 1. The summed E-state index contributed by atoms with van der Waals surface area (Å²) in [6.45, 7) is 10.5. The molecule has 0 aliphatic carbocycles. The molecule has 0 aromatic heterocycles. The molecule has 0 unspecified atom stereocenters. The van der Waals surface area contributed by atoms with Crippen LogP contribution < -0.4 is 4.74 Å². The Morgan fingerprint density at radius 2 is 1.71 bits per heavy atom. The van der Waals surface area contributed by atoms with Crippen LogP contribution in [0.5, 0.6) is 5.75 Å². The number of hydrogen-bond acceptors (Lipinski definition) is 3. The maximum absolute atomic E-state index is 12.6. The number of carbonyl (C=O) groups is 1. The number of halogens is 1. The lowest BCUT2D eigenvalue weighted by molar-refractivity contribution is -0.140. The first-order valence-electron chi connectivity index (χ1n) is 8.64. The number of ether oxygens (including phenoxy) is 1. The fraction of sp³-hybridized carbons (Fsp3) is 0.526. The molecule has 0 saturated carbocycles. The summed E-state index contributed by atoms with van der Waals surface area (Å²) in [5.74, 6) is -0.00283. The minimum Gasteiger partial charge on any atom is -0.426 e. The zero-order valence-corrected chi connectivity index (χ0v) is 18.5. The van der Waals surface area contributed by atoms with Gasteiger partial charge in [0.2, 0.25) is 0 Å². The highest BCUT2D eigenvalue weighted by molar-refractivity contribution is 14.1. The lowest BCUT2D eigenvalue weighted by Crippen LogP contribution is -2.44. The Morgan fingerprint density at radius 1 is 1.17 bits per heavy atom. The Labute approximate surface area is 161 Å². The van der Waals surface area contributed by atoms with Crippen LogP contribution in [0.15, 0.2) is 40.0 Å². The van der Waals surface area contributed by atoms with Gasteiger partial charge in [0.05, 0.1) is 12.0 Å². The Balaban J connectivity index is 2.96. The summed E-state index contributed by atoms with van der Waals surface area (Å²) in [6, 6.07) is 12.4. The summed E-state index contributed by atoms with van der Waals surface area (Å²) in [5, 5.41) is 0. The molecule has 0 heterocycles. The van der Waals surface area contributed by atoms with Crippen molar-refractivity contribution >= 4 is 36.9 Å². The molecule has 0 fully saturated rings. The van der Waals surface area contributed by atoms with E-state index in [2.05, 4.69) is 43.4 Å². The van der Waals surface area contributed by atoms with Crippen LogP contribution in [0.1, 0.15) is 34.6 Å². The lowest BCUT2D eigenvalue weighted by atomic mass is 10.00. The number of rotatable bonds is 9. The van der Waals surface area contributed by atoms with E-state index in [4.69, 9.17) is 9.16 Å². The normalized spacial score (nSPS) is 15.0. The predicted octanol–water partition coefficient (Wildman–Crippen LogP) is 5.96. The molecule has 0 radical (unpaired) electrons. The molecule has 1 aromatic rings. The average molecular weight is 460 g/mol. The van der Waals surface area contributed by atoms with Crippen molar-refractivity contribution in [3.05, 3.63) is 40.0 Å². The third kappa shape index (κ3) is 5.70. The molecule has 0 spiro atoms. The highest BCUT2D eigenvalue weighted by Gasteiger charge is 2.37. The summed E-state index contributed by atoms with van der Waals surface area (Å²) in [5.41, 5.74) is 1.08. The fourth-order valence-corrected chi connectivity index (χ4v) is 6.03. The molecular weight excluding hydrogens is 431 g/mol. The van der Waals surface area contributed by atoms with E-state index in [-0.39, 0.29) is 18.0 Å². The Hall–Kier alpha value is -0.663. The van der Waals surface area contributed by atoms with Crippen molar-refractivity contribution in [2.75, 3.05) is 0 Å². The maximum atomic E-state index is 12.6. The van der Waals surface area contributed by atoms with E-state index in [0.717, 1.165) is 23.7 Å². The number of esters is 1. The van der Waals surface area contributed by atoms with Gasteiger partial charge in [0.25, 0.3) is 0 Å². The second-order valence-electron chi connectivity index (χ2n) is 6.16. The molecule has 0 bridgehead atoms. The topological polar surface area (TPSA) is 35.5 Å². The molecule has 5 heteroatoms. The smallest absolute Gasteiger partial charge is 0.316 e. The highest BCUT2D eigenvalue weighted by Crippen LogP contribution is 2.30. The van der Waals surface area contributed by atoms with Gasteiger partial charge in [0, 0.05) is 0 Å². The molecule has 134 valence electrons. The van der Waals surface area contributed by atoms with Crippen molar-refractivity contribution in [3.63, 3.8) is 0 Å². The van der Waals surface area contributed by atoms with E-state index in [1.807, 2.05) is 36.1 Å². The molecule has 0 N–H and O–H groups in total. The SMILES string of the molecule is CC[Si](CC)(CC)O[C@@H](/C(C)=C/I)[C@H](C)C(=O)Oc1ccccc1. The third-order valence-corrected chi connectivity index (χ3v) is 10.3. The van der Waals surface area contributed by atoms with E-state index in [1.165, 1.54) is 0 Å². The van der Waals surface area contributed by atoms with E-state index in [0.29, 0.717) is 5.75 Å². The first kappa shape index (κ1) is 21.4. The third-order valence-electron chi connectivity index (χ3n) is 4.72. The van der Waals surface area contributed by atoms with Gasteiger partial charge in [0.15, 0.2) is 8.32 Å². The van der Waals surface area contributed by atoms with Crippen molar-refractivity contribution in [3.8, 4) is 5.75 Å².